The number of nitrogens with zero attached hydrogens (tertiary/aromatic N) is 1. The lowest BCUT2D eigenvalue weighted by Gasteiger charge is -2.13. The first-order chi connectivity index (χ1) is 13.0. The fourth-order valence-electron chi connectivity index (χ4n) is 2.58. The van der Waals surface area contributed by atoms with Crippen LogP contribution < -0.4 is 9.47 Å². The minimum atomic E-state index is -0.275. The minimum Gasteiger partial charge on any atom is -0.493 e. The molecule has 3 rings (SSSR count). The standard InChI is InChI=1S/C20H18BrNO4S/c1-3-22-19(23)18(27-20(22)24)10-14-9-16(25-2)17(11-15(14)21)26-12-13-7-5-4-6-8-13/h4-11H,3,12H2,1-2H3/b18-10+. The Balaban J connectivity index is 1.85. The van der Waals surface area contributed by atoms with Gasteiger partial charge in [-0.05, 0) is 48.0 Å². The first kappa shape index (κ1) is 19.5. The highest BCUT2D eigenvalue weighted by Crippen LogP contribution is 2.38. The number of halogens is 1. The molecular formula is C20H18BrNO4S. The van der Waals surface area contributed by atoms with Crippen LogP contribution in [0.1, 0.15) is 18.1 Å². The van der Waals surface area contributed by atoms with Crippen molar-refractivity contribution in [2.45, 2.75) is 13.5 Å². The number of likely N-dealkylation sites (N-methyl/N-ethyl adjacent to an activating group) is 1. The van der Waals surface area contributed by atoms with Gasteiger partial charge in [0.1, 0.15) is 6.61 Å². The largest absolute Gasteiger partial charge is 0.493 e. The van der Waals surface area contributed by atoms with Gasteiger partial charge in [0, 0.05) is 11.0 Å². The molecule has 140 valence electrons. The molecule has 1 aliphatic heterocycles. The van der Waals surface area contributed by atoms with E-state index in [0.29, 0.717) is 29.6 Å². The molecule has 0 atom stereocenters. The summed E-state index contributed by atoms with van der Waals surface area (Å²) in [5.41, 5.74) is 1.79. The number of imide groups is 1. The fraction of sp³-hybridized carbons (Fsp3) is 0.200. The molecule has 27 heavy (non-hydrogen) atoms. The SMILES string of the molecule is CCN1C(=O)S/C(=C/c2cc(OC)c(OCc3ccccc3)cc2Br)C1=O. The quantitative estimate of drug-likeness (QED) is 0.576. The van der Waals surface area contributed by atoms with Gasteiger partial charge in [0.25, 0.3) is 11.1 Å². The number of hydrogen-bond acceptors (Lipinski definition) is 5. The van der Waals surface area contributed by atoms with Crippen LogP contribution in [0.3, 0.4) is 0 Å². The van der Waals surface area contributed by atoms with Crippen LogP contribution in [-0.2, 0) is 11.4 Å². The summed E-state index contributed by atoms with van der Waals surface area (Å²) < 4.78 is 12.1. The zero-order valence-electron chi connectivity index (χ0n) is 14.9. The van der Waals surface area contributed by atoms with E-state index in [1.807, 2.05) is 30.3 Å². The molecule has 0 saturated carbocycles. The Labute approximate surface area is 170 Å². The predicted molar refractivity (Wildman–Crippen MR) is 110 cm³/mol. The van der Waals surface area contributed by atoms with E-state index in [-0.39, 0.29) is 11.1 Å². The third-order valence-electron chi connectivity index (χ3n) is 4.00. The van der Waals surface area contributed by atoms with Gasteiger partial charge in [-0.3, -0.25) is 14.5 Å². The van der Waals surface area contributed by atoms with Gasteiger partial charge < -0.3 is 9.47 Å². The van der Waals surface area contributed by atoms with E-state index in [2.05, 4.69) is 15.9 Å². The van der Waals surface area contributed by atoms with Gasteiger partial charge in [-0.1, -0.05) is 46.3 Å². The average molecular weight is 448 g/mol. The van der Waals surface area contributed by atoms with E-state index >= 15 is 0 Å². The van der Waals surface area contributed by atoms with Crippen LogP contribution in [0.25, 0.3) is 6.08 Å². The molecule has 0 aliphatic carbocycles. The maximum atomic E-state index is 12.3. The lowest BCUT2D eigenvalue weighted by atomic mass is 10.1. The molecule has 5 nitrogen and oxygen atoms in total. The van der Waals surface area contributed by atoms with Gasteiger partial charge in [-0.25, -0.2) is 0 Å². The van der Waals surface area contributed by atoms with Crippen molar-refractivity contribution in [1.29, 1.82) is 0 Å². The van der Waals surface area contributed by atoms with E-state index < -0.39 is 0 Å². The molecule has 2 aromatic rings. The Morgan fingerprint density at radius 2 is 1.89 bits per heavy atom. The van der Waals surface area contributed by atoms with Crippen LogP contribution in [0.5, 0.6) is 11.5 Å². The zero-order valence-corrected chi connectivity index (χ0v) is 17.3. The van der Waals surface area contributed by atoms with Crippen molar-refractivity contribution in [1.82, 2.24) is 4.90 Å². The van der Waals surface area contributed by atoms with Crippen LogP contribution >= 0.6 is 27.7 Å². The number of methoxy groups -OCH3 is 1. The van der Waals surface area contributed by atoms with Crippen LogP contribution in [0.2, 0.25) is 0 Å². The number of benzene rings is 2. The van der Waals surface area contributed by atoms with Crippen molar-refractivity contribution < 1.29 is 19.1 Å². The average Bonchev–Trinajstić information content (AvgIpc) is 2.95. The molecule has 0 N–H and O–H groups in total. The summed E-state index contributed by atoms with van der Waals surface area (Å²) >= 11 is 4.45. The number of hydrogen-bond donors (Lipinski definition) is 0. The van der Waals surface area contributed by atoms with E-state index in [9.17, 15) is 9.59 Å². The summed E-state index contributed by atoms with van der Waals surface area (Å²) in [4.78, 5) is 25.8. The topological polar surface area (TPSA) is 55.8 Å². The minimum absolute atomic E-state index is 0.250. The van der Waals surface area contributed by atoms with Crippen LogP contribution in [0.15, 0.2) is 51.8 Å². The van der Waals surface area contributed by atoms with Crippen molar-refractivity contribution >= 4 is 44.9 Å². The third kappa shape index (κ3) is 4.36. The van der Waals surface area contributed by atoms with Gasteiger partial charge in [-0.2, -0.15) is 0 Å². The van der Waals surface area contributed by atoms with Gasteiger partial charge in [-0.15, -0.1) is 0 Å². The number of amides is 2. The Kier molecular flexibility index (Phi) is 6.23. The molecule has 0 spiro atoms. The van der Waals surface area contributed by atoms with Crippen molar-refractivity contribution in [2.24, 2.45) is 0 Å². The van der Waals surface area contributed by atoms with E-state index in [4.69, 9.17) is 9.47 Å². The Bertz CT molecular complexity index is 898. The van der Waals surface area contributed by atoms with E-state index in [1.165, 1.54) is 4.90 Å². The molecule has 0 aromatic heterocycles. The monoisotopic (exact) mass is 447 g/mol. The highest BCUT2D eigenvalue weighted by molar-refractivity contribution is 9.10. The number of carbonyl (C=O) groups excluding carboxylic acids is 2. The van der Waals surface area contributed by atoms with Crippen molar-refractivity contribution in [3.8, 4) is 11.5 Å². The number of carbonyl (C=O) groups is 2. The molecule has 2 aromatic carbocycles. The van der Waals surface area contributed by atoms with Gasteiger partial charge in [0.2, 0.25) is 0 Å². The van der Waals surface area contributed by atoms with Crippen LogP contribution in [-0.4, -0.2) is 29.7 Å². The molecule has 0 bridgehead atoms. The van der Waals surface area contributed by atoms with Crippen molar-refractivity contribution in [3.05, 3.63) is 63.0 Å². The lowest BCUT2D eigenvalue weighted by molar-refractivity contribution is -0.122. The molecular weight excluding hydrogens is 430 g/mol. The van der Waals surface area contributed by atoms with Crippen LogP contribution in [0.4, 0.5) is 4.79 Å². The zero-order chi connectivity index (χ0) is 19.4. The summed E-state index contributed by atoms with van der Waals surface area (Å²) in [6, 6.07) is 13.4. The van der Waals surface area contributed by atoms with Gasteiger partial charge in [0.15, 0.2) is 11.5 Å². The maximum Gasteiger partial charge on any atom is 0.293 e. The highest BCUT2D eigenvalue weighted by Gasteiger charge is 2.33. The van der Waals surface area contributed by atoms with Gasteiger partial charge >= 0.3 is 0 Å². The molecule has 0 radical (unpaired) electrons. The Morgan fingerprint density at radius 1 is 1.15 bits per heavy atom. The molecule has 0 unspecified atom stereocenters. The molecule has 1 aliphatic rings. The lowest BCUT2D eigenvalue weighted by Crippen LogP contribution is -2.27. The summed E-state index contributed by atoms with van der Waals surface area (Å²) in [5, 5.41) is -0.250. The fourth-order valence-corrected chi connectivity index (χ4v) is 3.91. The molecule has 7 heteroatoms. The second kappa shape index (κ2) is 8.63. The first-order valence-corrected chi connectivity index (χ1v) is 9.94. The Morgan fingerprint density at radius 3 is 2.52 bits per heavy atom. The molecule has 2 amide bonds. The third-order valence-corrected chi connectivity index (χ3v) is 5.59. The molecule has 1 fully saturated rings. The van der Waals surface area contributed by atoms with E-state index in [0.717, 1.165) is 27.4 Å². The Hall–Kier alpha value is -2.25. The smallest absolute Gasteiger partial charge is 0.293 e. The van der Waals surface area contributed by atoms with Crippen molar-refractivity contribution in [2.75, 3.05) is 13.7 Å². The van der Waals surface area contributed by atoms with Crippen molar-refractivity contribution in [3.63, 3.8) is 0 Å². The maximum absolute atomic E-state index is 12.3. The normalized spacial score (nSPS) is 15.5. The number of rotatable bonds is 6. The second-order valence-electron chi connectivity index (χ2n) is 5.72. The van der Waals surface area contributed by atoms with Gasteiger partial charge in [0.05, 0.1) is 12.0 Å². The highest BCUT2D eigenvalue weighted by atomic mass is 79.9. The number of thioether (sulfide) groups is 1. The first-order valence-electron chi connectivity index (χ1n) is 8.33. The van der Waals surface area contributed by atoms with E-state index in [1.54, 1.807) is 32.2 Å². The number of ether oxygens (including phenoxy) is 2. The molecule has 1 saturated heterocycles. The summed E-state index contributed by atoms with van der Waals surface area (Å²) in [6.45, 7) is 2.55. The summed E-state index contributed by atoms with van der Waals surface area (Å²) in [7, 11) is 1.56. The summed E-state index contributed by atoms with van der Waals surface area (Å²) in [5.74, 6) is 0.866. The van der Waals surface area contributed by atoms with Crippen LogP contribution in [0, 0.1) is 0 Å². The second-order valence-corrected chi connectivity index (χ2v) is 7.57. The predicted octanol–water partition coefficient (Wildman–Crippen LogP) is 5.09. The molecule has 1 heterocycles. The summed E-state index contributed by atoms with van der Waals surface area (Å²) in [6.07, 6.45) is 1.69.